The van der Waals surface area contributed by atoms with Gasteiger partial charge in [0.2, 0.25) is 0 Å². The molecule has 1 radical (unpaired) electrons. The molecule has 0 aliphatic heterocycles. The summed E-state index contributed by atoms with van der Waals surface area (Å²) in [6.07, 6.45) is -10.1. The number of hydrogen-bond acceptors (Lipinski definition) is 6. The Hall–Kier alpha value is -3.12. The summed E-state index contributed by atoms with van der Waals surface area (Å²) in [6, 6.07) is 6.86. The van der Waals surface area contributed by atoms with Gasteiger partial charge in [-0.25, -0.2) is 0 Å². The number of alkyl halides is 6. The monoisotopic (exact) mass is 425 g/mol. The predicted molar refractivity (Wildman–Crippen MR) is 86.4 cm³/mol. The van der Waals surface area contributed by atoms with Crippen LogP contribution in [0.1, 0.15) is 0 Å². The van der Waals surface area contributed by atoms with Gasteiger partial charge in [-0.2, -0.15) is 0 Å². The number of rotatable bonds is 8. The number of ether oxygens (including phenoxy) is 4. The van der Waals surface area contributed by atoms with Gasteiger partial charge in [-0.05, 0) is 24.3 Å². The van der Waals surface area contributed by atoms with Crippen LogP contribution in [0.4, 0.5) is 26.3 Å². The lowest BCUT2D eigenvalue weighted by atomic mass is 10.2. The minimum atomic E-state index is -5.03. The summed E-state index contributed by atoms with van der Waals surface area (Å²) >= 11 is 0. The lowest BCUT2D eigenvalue weighted by molar-refractivity contribution is -0.275. The van der Waals surface area contributed by atoms with E-state index in [1.807, 2.05) is 0 Å². The van der Waals surface area contributed by atoms with Crippen LogP contribution in [0.3, 0.4) is 0 Å². The standard InChI is InChI=1S/C16H12BF6O6/c1-24-9-5-3-7-11(26-15(18,19)20)13(9)28-17-29-14-10(25-2)6-4-8-12(14)27-16(21,22)23/h3-8H,1-2H3. The van der Waals surface area contributed by atoms with Crippen LogP contribution in [0.5, 0.6) is 34.5 Å². The molecule has 13 heteroatoms. The molecular weight excluding hydrogens is 413 g/mol. The van der Waals surface area contributed by atoms with Crippen molar-refractivity contribution in [3.8, 4) is 34.5 Å². The molecule has 2 aromatic carbocycles. The topological polar surface area (TPSA) is 55.4 Å². The van der Waals surface area contributed by atoms with Gasteiger partial charge >= 0.3 is 20.4 Å². The fourth-order valence-corrected chi connectivity index (χ4v) is 2.08. The molecule has 0 amide bonds. The Labute approximate surface area is 161 Å². The second-order valence-corrected chi connectivity index (χ2v) is 5.00. The predicted octanol–water partition coefficient (Wildman–Crippen LogP) is 4.49. The average Bonchev–Trinajstić information content (AvgIpc) is 2.61. The van der Waals surface area contributed by atoms with Crippen molar-refractivity contribution in [2.24, 2.45) is 0 Å². The summed E-state index contributed by atoms with van der Waals surface area (Å²) in [7, 11) is 2.80. The molecule has 6 nitrogen and oxygen atoms in total. The van der Waals surface area contributed by atoms with Crippen molar-refractivity contribution in [2.45, 2.75) is 12.7 Å². The van der Waals surface area contributed by atoms with Gasteiger partial charge in [0.1, 0.15) is 0 Å². The van der Waals surface area contributed by atoms with Crippen LogP contribution in [-0.2, 0) is 0 Å². The first-order valence-electron chi connectivity index (χ1n) is 7.54. The Morgan fingerprint density at radius 1 is 0.621 bits per heavy atom. The molecule has 2 aromatic rings. The van der Waals surface area contributed by atoms with Crippen LogP contribution in [-0.4, -0.2) is 34.6 Å². The summed E-state index contributed by atoms with van der Waals surface area (Å²) in [4.78, 5) is 0. The molecule has 0 N–H and O–H groups in total. The highest BCUT2D eigenvalue weighted by molar-refractivity contribution is 6.21. The maximum absolute atomic E-state index is 12.6. The van der Waals surface area contributed by atoms with E-state index >= 15 is 0 Å². The van der Waals surface area contributed by atoms with Crippen LogP contribution in [0.15, 0.2) is 36.4 Å². The van der Waals surface area contributed by atoms with Gasteiger partial charge in [0.05, 0.1) is 14.2 Å². The first kappa shape index (κ1) is 22.2. The molecule has 2 rings (SSSR count). The molecule has 0 aliphatic rings. The Morgan fingerprint density at radius 3 is 1.28 bits per heavy atom. The second-order valence-electron chi connectivity index (χ2n) is 5.00. The zero-order valence-corrected chi connectivity index (χ0v) is 14.8. The molecule has 0 saturated carbocycles. The Morgan fingerprint density at radius 2 is 0.966 bits per heavy atom. The van der Waals surface area contributed by atoms with Crippen LogP contribution in [0.25, 0.3) is 0 Å². The largest absolute Gasteiger partial charge is 0.658 e. The third-order valence-corrected chi connectivity index (χ3v) is 3.11. The minimum absolute atomic E-state index is 0.154. The summed E-state index contributed by atoms with van der Waals surface area (Å²) < 4.78 is 103. The van der Waals surface area contributed by atoms with Crippen LogP contribution >= 0.6 is 0 Å². The van der Waals surface area contributed by atoms with Gasteiger partial charge in [-0.1, -0.05) is 12.1 Å². The van der Waals surface area contributed by atoms with Crippen LogP contribution in [0, 0.1) is 0 Å². The molecule has 0 atom stereocenters. The Kier molecular flexibility index (Phi) is 6.82. The van der Waals surface area contributed by atoms with Crippen LogP contribution < -0.4 is 28.3 Å². The van der Waals surface area contributed by atoms with Gasteiger partial charge in [0.25, 0.3) is 0 Å². The first-order valence-corrected chi connectivity index (χ1v) is 7.54. The number of benzene rings is 2. The van der Waals surface area contributed by atoms with Gasteiger partial charge in [0.15, 0.2) is 34.5 Å². The SMILES string of the molecule is COc1cccc(OC(F)(F)F)c1O[B]Oc1c(OC)cccc1OC(F)(F)F. The quantitative estimate of drug-likeness (QED) is 0.459. The highest BCUT2D eigenvalue weighted by Gasteiger charge is 2.34. The van der Waals surface area contributed by atoms with E-state index in [0.717, 1.165) is 26.4 Å². The maximum atomic E-state index is 12.6. The lowest BCUT2D eigenvalue weighted by Crippen LogP contribution is -2.20. The minimum Gasteiger partial charge on any atom is -0.521 e. The fourth-order valence-electron chi connectivity index (χ4n) is 2.08. The average molecular weight is 425 g/mol. The Bertz CT molecular complexity index is 759. The van der Waals surface area contributed by atoms with Gasteiger partial charge in [0, 0.05) is 0 Å². The third-order valence-electron chi connectivity index (χ3n) is 3.11. The van der Waals surface area contributed by atoms with Crippen molar-refractivity contribution in [3.63, 3.8) is 0 Å². The van der Waals surface area contributed by atoms with Gasteiger partial charge in [-0.3, -0.25) is 0 Å². The fraction of sp³-hybridized carbons (Fsp3) is 0.250. The summed E-state index contributed by atoms with van der Waals surface area (Å²) in [6.45, 7) is 0. The maximum Gasteiger partial charge on any atom is 0.658 e. The van der Waals surface area contributed by atoms with E-state index in [0.29, 0.717) is 7.69 Å². The van der Waals surface area contributed by atoms with E-state index in [1.54, 1.807) is 0 Å². The molecule has 0 aromatic heterocycles. The van der Waals surface area contributed by atoms with E-state index in [4.69, 9.17) is 18.8 Å². The van der Waals surface area contributed by atoms with E-state index in [2.05, 4.69) is 9.47 Å². The highest BCUT2D eigenvalue weighted by Crippen LogP contribution is 2.41. The molecule has 0 spiro atoms. The van der Waals surface area contributed by atoms with Crippen molar-refractivity contribution in [3.05, 3.63) is 36.4 Å². The lowest BCUT2D eigenvalue weighted by Gasteiger charge is -2.18. The number of hydrogen-bond donors (Lipinski definition) is 0. The van der Waals surface area contributed by atoms with Crippen molar-refractivity contribution in [1.82, 2.24) is 0 Å². The molecule has 0 aliphatic carbocycles. The molecule has 157 valence electrons. The summed E-state index contributed by atoms with van der Waals surface area (Å²) in [5.41, 5.74) is 0. The molecule has 0 bridgehead atoms. The zero-order chi connectivity index (χ0) is 21.7. The molecule has 0 saturated heterocycles. The third kappa shape index (κ3) is 6.47. The van der Waals surface area contributed by atoms with Crippen molar-refractivity contribution in [1.29, 1.82) is 0 Å². The Balaban J connectivity index is 2.24. The van der Waals surface area contributed by atoms with Crippen molar-refractivity contribution < 1.29 is 54.6 Å². The van der Waals surface area contributed by atoms with Crippen molar-refractivity contribution in [2.75, 3.05) is 14.2 Å². The summed E-state index contributed by atoms with van der Waals surface area (Å²) in [5.74, 6) is -2.88. The van der Waals surface area contributed by atoms with E-state index in [9.17, 15) is 26.3 Å². The normalized spacial score (nSPS) is 11.4. The summed E-state index contributed by atoms with van der Waals surface area (Å²) in [5, 5.41) is 0. The van der Waals surface area contributed by atoms with Crippen molar-refractivity contribution >= 4 is 7.69 Å². The van der Waals surface area contributed by atoms with E-state index in [-0.39, 0.29) is 11.5 Å². The molecule has 29 heavy (non-hydrogen) atoms. The zero-order valence-electron chi connectivity index (χ0n) is 14.8. The molecule has 0 fully saturated rings. The smallest absolute Gasteiger partial charge is 0.521 e. The highest BCUT2D eigenvalue weighted by atomic mass is 19.4. The molecular formula is C16H12BF6O6. The second kappa shape index (κ2) is 8.92. The number of halogens is 6. The molecule has 0 unspecified atom stereocenters. The van der Waals surface area contributed by atoms with Crippen LogP contribution in [0.2, 0.25) is 0 Å². The number of para-hydroxylation sites is 2. The first-order chi connectivity index (χ1) is 13.5. The number of methoxy groups -OCH3 is 2. The van der Waals surface area contributed by atoms with E-state index in [1.165, 1.54) is 24.3 Å². The van der Waals surface area contributed by atoms with Gasteiger partial charge in [-0.15, -0.1) is 26.3 Å². The van der Waals surface area contributed by atoms with E-state index < -0.39 is 35.7 Å². The molecule has 0 heterocycles. The van der Waals surface area contributed by atoms with Gasteiger partial charge < -0.3 is 28.3 Å².